The second-order valence-corrected chi connectivity index (χ2v) is 9.05. The van der Waals surface area contributed by atoms with Crippen LogP contribution in [0, 0.1) is 0 Å². The number of sulfonamides is 1. The molecule has 1 aliphatic rings. The largest absolute Gasteiger partial charge is 0.245 e. The minimum atomic E-state index is -3.64. The van der Waals surface area contributed by atoms with Crippen LogP contribution in [0.3, 0.4) is 0 Å². The Balaban J connectivity index is 1.76. The third-order valence-electron chi connectivity index (χ3n) is 4.22. The number of rotatable bonds is 3. The average molecular weight is 379 g/mol. The molecule has 124 valence electrons. The highest BCUT2D eigenvalue weighted by molar-refractivity contribution is 7.89. The lowest BCUT2D eigenvalue weighted by Crippen LogP contribution is -2.30. The molecule has 0 N–H and O–H groups in total. The van der Waals surface area contributed by atoms with Crippen LogP contribution in [0.15, 0.2) is 53.4 Å². The van der Waals surface area contributed by atoms with Gasteiger partial charge in [-0.1, -0.05) is 35.9 Å². The summed E-state index contributed by atoms with van der Waals surface area (Å²) in [5.74, 6) is 0. The molecule has 7 heteroatoms. The van der Waals surface area contributed by atoms with Crippen LogP contribution in [0.1, 0.15) is 23.9 Å². The molecule has 0 amide bonds. The maximum absolute atomic E-state index is 13.1. The van der Waals surface area contributed by atoms with Crippen LogP contribution in [-0.2, 0) is 10.0 Å². The van der Waals surface area contributed by atoms with E-state index in [1.807, 2.05) is 24.3 Å². The summed E-state index contributed by atoms with van der Waals surface area (Å²) in [6, 6.07) is 14.3. The van der Waals surface area contributed by atoms with E-state index in [-0.39, 0.29) is 16.0 Å². The predicted molar refractivity (Wildman–Crippen MR) is 96.9 cm³/mol. The van der Waals surface area contributed by atoms with Gasteiger partial charge in [-0.3, -0.25) is 0 Å². The summed E-state index contributed by atoms with van der Waals surface area (Å²) in [7, 11) is -3.64. The summed E-state index contributed by atoms with van der Waals surface area (Å²) in [6.45, 7) is 0.494. The molecule has 4 rings (SSSR count). The zero-order valence-corrected chi connectivity index (χ0v) is 15.1. The molecule has 2 aromatic carbocycles. The molecule has 0 saturated carbocycles. The van der Waals surface area contributed by atoms with E-state index >= 15 is 0 Å². The van der Waals surface area contributed by atoms with Gasteiger partial charge in [0.15, 0.2) is 0 Å². The Morgan fingerprint density at radius 2 is 1.88 bits per heavy atom. The van der Waals surface area contributed by atoms with Gasteiger partial charge in [-0.25, -0.2) is 13.4 Å². The second-order valence-electron chi connectivity index (χ2n) is 5.72. The zero-order valence-electron chi connectivity index (χ0n) is 12.7. The van der Waals surface area contributed by atoms with Crippen molar-refractivity contribution < 1.29 is 8.42 Å². The maximum Gasteiger partial charge on any atom is 0.245 e. The normalized spacial score (nSPS) is 19.1. The summed E-state index contributed by atoms with van der Waals surface area (Å²) >= 11 is 7.69. The molecular formula is C17H15ClN2O2S2. The van der Waals surface area contributed by atoms with E-state index < -0.39 is 10.0 Å². The van der Waals surface area contributed by atoms with Crippen molar-refractivity contribution in [1.29, 1.82) is 0 Å². The van der Waals surface area contributed by atoms with Gasteiger partial charge in [-0.2, -0.15) is 4.31 Å². The molecule has 0 spiro atoms. The van der Waals surface area contributed by atoms with Crippen molar-refractivity contribution in [3.8, 4) is 0 Å². The molecule has 0 bridgehead atoms. The highest BCUT2D eigenvalue weighted by Gasteiger charge is 2.38. The Labute approximate surface area is 149 Å². The van der Waals surface area contributed by atoms with E-state index in [1.165, 1.54) is 0 Å². The molecule has 1 unspecified atom stereocenters. The summed E-state index contributed by atoms with van der Waals surface area (Å²) in [4.78, 5) is 4.82. The minimum absolute atomic E-state index is 0.166. The Bertz CT molecular complexity index is 968. The lowest BCUT2D eigenvalue weighted by Gasteiger charge is -2.23. The van der Waals surface area contributed by atoms with Gasteiger partial charge >= 0.3 is 0 Å². The third-order valence-corrected chi connectivity index (χ3v) is 7.77. The fraction of sp³-hybridized carbons (Fsp3) is 0.235. The number of hydrogen-bond acceptors (Lipinski definition) is 4. The first-order valence-electron chi connectivity index (χ1n) is 7.69. The van der Waals surface area contributed by atoms with Crippen molar-refractivity contribution in [3.63, 3.8) is 0 Å². The summed E-state index contributed by atoms with van der Waals surface area (Å²) < 4.78 is 28.8. The number of benzene rings is 2. The van der Waals surface area contributed by atoms with Crippen LogP contribution in [0.2, 0.25) is 5.02 Å². The molecule has 1 fully saturated rings. The van der Waals surface area contributed by atoms with Crippen molar-refractivity contribution in [2.24, 2.45) is 0 Å². The van der Waals surface area contributed by atoms with Gasteiger partial charge in [-0.15, -0.1) is 11.3 Å². The Morgan fingerprint density at radius 1 is 1.12 bits per heavy atom. The van der Waals surface area contributed by atoms with Crippen molar-refractivity contribution in [1.82, 2.24) is 9.29 Å². The topological polar surface area (TPSA) is 50.3 Å². The molecule has 4 nitrogen and oxygen atoms in total. The van der Waals surface area contributed by atoms with Crippen molar-refractivity contribution in [3.05, 3.63) is 58.6 Å². The summed E-state index contributed by atoms with van der Waals surface area (Å²) in [5, 5.41) is 1.11. The fourth-order valence-electron chi connectivity index (χ4n) is 3.09. The fourth-order valence-corrected chi connectivity index (χ4v) is 6.43. The Kier molecular flexibility index (Phi) is 4.08. The van der Waals surface area contributed by atoms with Crippen LogP contribution in [0.25, 0.3) is 10.2 Å². The maximum atomic E-state index is 13.1. The molecule has 2 heterocycles. The Hall–Kier alpha value is -1.47. The van der Waals surface area contributed by atoms with Gasteiger partial charge in [0.25, 0.3) is 0 Å². The van der Waals surface area contributed by atoms with Crippen LogP contribution in [-0.4, -0.2) is 24.3 Å². The number of aromatic nitrogens is 1. The molecular weight excluding hydrogens is 364 g/mol. The molecule has 0 radical (unpaired) electrons. The van der Waals surface area contributed by atoms with Gasteiger partial charge in [0.05, 0.1) is 21.3 Å². The summed E-state index contributed by atoms with van der Waals surface area (Å²) in [6.07, 6.45) is 1.60. The molecule has 1 aromatic heterocycles. The predicted octanol–water partition coefficient (Wildman–Crippen LogP) is 4.48. The standard InChI is InChI=1S/C17H15ClN2O2S2/c18-12-6-1-4-10-16(12)24(21,22)20-11-5-8-14(20)17-19-13-7-2-3-9-15(13)23-17/h1-4,6-7,9-10,14H,5,8,11H2. The van der Waals surface area contributed by atoms with Gasteiger partial charge in [0.1, 0.15) is 9.90 Å². The van der Waals surface area contributed by atoms with E-state index in [0.29, 0.717) is 6.54 Å². The molecule has 24 heavy (non-hydrogen) atoms. The molecule has 3 aromatic rings. The van der Waals surface area contributed by atoms with Crippen LogP contribution < -0.4 is 0 Å². The van der Waals surface area contributed by atoms with Crippen molar-refractivity contribution >= 4 is 43.2 Å². The number of fused-ring (bicyclic) bond motifs is 1. The third kappa shape index (κ3) is 2.63. The zero-order chi connectivity index (χ0) is 16.7. The molecule has 1 aliphatic heterocycles. The second kappa shape index (κ2) is 6.11. The first kappa shape index (κ1) is 16.0. The van der Waals surface area contributed by atoms with E-state index in [9.17, 15) is 8.42 Å². The highest BCUT2D eigenvalue weighted by atomic mass is 35.5. The van der Waals surface area contributed by atoms with E-state index in [4.69, 9.17) is 11.6 Å². The first-order valence-corrected chi connectivity index (χ1v) is 10.3. The van der Waals surface area contributed by atoms with Gasteiger partial charge in [-0.05, 0) is 37.1 Å². The quantitative estimate of drug-likeness (QED) is 0.675. The van der Waals surface area contributed by atoms with E-state index in [1.54, 1.807) is 39.9 Å². The van der Waals surface area contributed by atoms with E-state index in [2.05, 4.69) is 4.98 Å². The average Bonchev–Trinajstić information content (AvgIpc) is 3.21. The van der Waals surface area contributed by atoms with Gasteiger partial charge < -0.3 is 0 Å². The lowest BCUT2D eigenvalue weighted by atomic mass is 10.2. The number of thiazole rings is 1. The Morgan fingerprint density at radius 3 is 2.67 bits per heavy atom. The van der Waals surface area contributed by atoms with Crippen molar-refractivity contribution in [2.45, 2.75) is 23.8 Å². The highest BCUT2D eigenvalue weighted by Crippen LogP contribution is 2.40. The molecule has 1 saturated heterocycles. The first-order chi connectivity index (χ1) is 11.6. The molecule has 0 aliphatic carbocycles. The van der Waals surface area contributed by atoms with E-state index in [0.717, 1.165) is 28.1 Å². The minimum Gasteiger partial charge on any atom is -0.239 e. The number of para-hydroxylation sites is 1. The van der Waals surface area contributed by atoms with Crippen molar-refractivity contribution in [2.75, 3.05) is 6.54 Å². The van der Waals surface area contributed by atoms with Gasteiger partial charge in [0, 0.05) is 6.54 Å². The smallest absolute Gasteiger partial charge is 0.239 e. The van der Waals surface area contributed by atoms with Crippen LogP contribution in [0.4, 0.5) is 0 Å². The van der Waals surface area contributed by atoms with Gasteiger partial charge in [0.2, 0.25) is 10.0 Å². The SMILES string of the molecule is O=S(=O)(c1ccccc1Cl)N1CCCC1c1nc2ccccc2s1. The number of nitrogens with zero attached hydrogens (tertiary/aromatic N) is 2. The molecule has 1 atom stereocenters. The summed E-state index contributed by atoms with van der Waals surface area (Å²) in [5.41, 5.74) is 0.916. The van der Waals surface area contributed by atoms with Crippen LogP contribution >= 0.6 is 22.9 Å². The number of halogens is 1. The number of hydrogen-bond donors (Lipinski definition) is 0. The lowest BCUT2D eigenvalue weighted by molar-refractivity contribution is 0.396. The van der Waals surface area contributed by atoms with Crippen LogP contribution in [0.5, 0.6) is 0 Å². The monoisotopic (exact) mass is 378 g/mol.